The maximum absolute atomic E-state index is 10.7. The number of likely N-dealkylation sites (tertiary alicyclic amines) is 1. The summed E-state index contributed by atoms with van der Waals surface area (Å²) in [4.78, 5) is 13.2. The van der Waals surface area contributed by atoms with Crippen molar-refractivity contribution in [3.8, 4) is 0 Å². The van der Waals surface area contributed by atoms with Gasteiger partial charge in [-0.2, -0.15) is 0 Å². The minimum atomic E-state index is -0.652. The molecule has 2 aliphatic heterocycles. The molecule has 0 spiro atoms. The van der Waals surface area contributed by atoms with Gasteiger partial charge in [-0.15, -0.1) is 0 Å². The minimum absolute atomic E-state index is 0.342. The van der Waals surface area contributed by atoms with Gasteiger partial charge in [0.1, 0.15) is 0 Å². The van der Waals surface area contributed by atoms with Crippen molar-refractivity contribution in [3.05, 3.63) is 0 Å². The fraction of sp³-hybridized carbons (Fsp3) is 0.923. The number of piperidine rings is 1. The van der Waals surface area contributed by atoms with E-state index in [0.29, 0.717) is 24.3 Å². The monoisotopic (exact) mass is 241 g/mol. The molecule has 2 heterocycles. The number of aliphatic carboxylic acids is 1. The van der Waals surface area contributed by atoms with Crippen LogP contribution in [0.4, 0.5) is 0 Å². The maximum atomic E-state index is 10.7. The average Bonchev–Trinajstić information content (AvgIpc) is 2.82. The summed E-state index contributed by atoms with van der Waals surface area (Å²) in [6.45, 7) is 6.20. The first-order chi connectivity index (χ1) is 8.16. The highest BCUT2D eigenvalue weighted by Crippen LogP contribution is 2.26. The molecule has 0 aliphatic carbocycles. The molecule has 0 bridgehead atoms. The van der Waals surface area contributed by atoms with E-state index in [1.807, 2.05) is 0 Å². The number of rotatable bonds is 4. The number of hydrogen-bond donors (Lipinski definition) is 1. The number of ether oxygens (including phenoxy) is 1. The molecule has 17 heavy (non-hydrogen) atoms. The largest absolute Gasteiger partial charge is 0.481 e. The first-order valence-corrected chi connectivity index (χ1v) is 6.70. The Morgan fingerprint density at radius 2 is 2.12 bits per heavy atom. The molecule has 4 nitrogen and oxygen atoms in total. The first-order valence-electron chi connectivity index (χ1n) is 6.70. The predicted octanol–water partition coefficient (Wildman–Crippen LogP) is 1.60. The van der Waals surface area contributed by atoms with Gasteiger partial charge in [0.2, 0.25) is 0 Å². The average molecular weight is 241 g/mol. The molecule has 2 unspecified atom stereocenters. The Kier molecular flexibility index (Phi) is 4.40. The normalized spacial score (nSPS) is 29.4. The summed E-state index contributed by atoms with van der Waals surface area (Å²) >= 11 is 0. The number of carbonyl (C=O) groups is 1. The summed E-state index contributed by atoms with van der Waals surface area (Å²) in [5, 5.41) is 8.78. The predicted molar refractivity (Wildman–Crippen MR) is 64.9 cm³/mol. The fourth-order valence-electron chi connectivity index (χ4n) is 3.04. The summed E-state index contributed by atoms with van der Waals surface area (Å²) in [5.74, 6) is 0.405. The van der Waals surface area contributed by atoms with Crippen molar-refractivity contribution in [2.24, 2.45) is 11.8 Å². The van der Waals surface area contributed by atoms with Crippen molar-refractivity contribution in [1.29, 1.82) is 0 Å². The molecule has 2 saturated heterocycles. The molecule has 0 aromatic heterocycles. The molecule has 2 atom stereocenters. The van der Waals surface area contributed by atoms with E-state index in [9.17, 15) is 4.79 Å². The smallest absolute Gasteiger partial charge is 0.303 e. The van der Waals surface area contributed by atoms with E-state index in [4.69, 9.17) is 9.84 Å². The van der Waals surface area contributed by atoms with E-state index in [0.717, 1.165) is 39.1 Å². The van der Waals surface area contributed by atoms with Crippen LogP contribution in [-0.2, 0) is 9.53 Å². The van der Waals surface area contributed by atoms with Gasteiger partial charge < -0.3 is 14.7 Å². The Morgan fingerprint density at radius 3 is 2.65 bits per heavy atom. The van der Waals surface area contributed by atoms with Crippen molar-refractivity contribution in [2.75, 3.05) is 26.3 Å². The fourth-order valence-corrected chi connectivity index (χ4v) is 3.04. The number of nitrogens with zero attached hydrogens (tertiary/aromatic N) is 1. The van der Waals surface area contributed by atoms with Gasteiger partial charge in [0.05, 0.1) is 6.61 Å². The lowest BCUT2D eigenvalue weighted by Gasteiger charge is -2.37. The highest BCUT2D eigenvalue weighted by Gasteiger charge is 2.30. The van der Waals surface area contributed by atoms with Crippen molar-refractivity contribution < 1.29 is 14.6 Å². The summed E-state index contributed by atoms with van der Waals surface area (Å²) in [6, 6.07) is 0.586. The third-order valence-corrected chi connectivity index (χ3v) is 4.34. The lowest BCUT2D eigenvalue weighted by Crippen LogP contribution is -2.44. The third kappa shape index (κ3) is 3.42. The first kappa shape index (κ1) is 12.8. The van der Waals surface area contributed by atoms with E-state index in [2.05, 4.69) is 11.8 Å². The van der Waals surface area contributed by atoms with E-state index in [1.165, 1.54) is 6.42 Å². The molecule has 98 valence electrons. The molecular formula is C13H23NO3. The van der Waals surface area contributed by atoms with E-state index in [1.54, 1.807) is 0 Å². The Hall–Kier alpha value is -0.610. The highest BCUT2D eigenvalue weighted by molar-refractivity contribution is 5.67. The highest BCUT2D eigenvalue weighted by atomic mass is 16.5. The zero-order valence-corrected chi connectivity index (χ0v) is 10.6. The van der Waals surface area contributed by atoms with Crippen LogP contribution in [0.15, 0.2) is 0 Å². The Balaban J connectivity index is 1.76. The van der Waals surface area contributed by atoms with Crippen molar-refractivity contribution in [1.82, 2.24) is 4.90 Å². The van der Waals surface area contributed by atoms with E-state index in [-0.39, 0.29) is 0 Å². The van der Waals surface area contributed by atoms with Crippen LogP contribution >= 0.6 is 0 Å². The molecule has 1 N–H and O–H groups in total. The lowest BCUT2D eigenvalue weighted by atomic mass is 9.90. The van der Waals surface area contributed by atoms with Crippen LogP contribution in [0.25, 0.3) is 0 Å². The van der Waals surface area contributed by atoms with Crippen LogP contribution in [0.1, 0.15) is 32.6 Å². The minimum Gasteiger partial charge on any atom is -0.481 e. The van der Waals surface area contributed by atoms with Gasteiger partial charge in [-0.25, -0.2) is 0 Å². The van der Waals surface area contributed by atoms with Crippen LogP contribution in [0, 0.1) is 11.8 Å². The second-order valence-corrected chi connectivity index (χ2v) is 5.44. The standard InChI is InChI=1S/C13H23NO3/c1-10(12-4-7-17-9-12)14-5-2-11(3-6-14)8-13(15)16/h10-12H,2-9H2,1H3,(H,15,16). The zero-order valence-electron chi connectivity index (χ0n) is 10.6. The zero-order chi connectivity index (χ0) is 12.3. The van der Waals surface area contributed by atoms with Crippen LogP contribution in [0.5, 0.6) is 0 Å². The Morgan fingerprint density at radius 1 is 1.41 bits per heavy atom. The number of carboxylic acids is 1. The van der Waals surface area contributed by atoms with E-state index >= 15 is 0 Å². The SMILES string of the molecule is CC(C1CCOC1)N1CCC(CC(=O)O)CC1. The Bertz CT molecular complexity index is 255. The van der Waals surface area contributed by atoms with Crippen LogP contribution < -0.4 is 0 Å². The lowest BCUT2D eigenvalue weighted by molar-refractivity contribution is -0.138. The van der Waals surface area contributed by atoms with E-state index < -0.39 is 5.97 Å². The Labute approximate surface area is 103 Å². The molecule has 0 aromatic carbocycles. The molecular weight excluding hydrogens is 218 g/mol. The van der Waals surface area contributed by atoms with Crippen molar-refractivity contribution in [2.45, 2.75) is 38.6 Å². The summed E-state index contributed by atoms with van der Waals surface area (Å²) in [7, 11) is 0. The summed E-state index contributed by atoms with van der Waals surface area (Å²) in [5.41, 5.74) is 0. The molecule has 0 saturated carbocycles. The van der Waals surface area contributed by atoms with Crippen molar-refractivity contribution >= 4 is 5.97 Å². The van der Waals surface area contributed by atoms with Gasteiger partial charge in [-0.1, -0.05) is 0 Å². The van der Waals surface area contributed by atoms with Gasteiger partial charge in [-0.05, 0) is 51.1 Å². The number of carboxylic acid groups (broad SMARTS) is 1. The topological polar surface area (TPSA) is 49.8 Å². The molecule has 2 fully saturated rings. The molecule has 0 amide bonds. The van der Waals surface area contributed by atoms with Crippen molar-refractivity contribution in [3.63, 3.8) is 0 Å². The second kappa shape index (κ2) is 5.83. The van der Waals surface area contributed by atoms with Gasteiger partial charge in [0, 0.05) is 19.1 Å². The summed E-state index contributed by atoms with van der Waals surface area (Å²) in [6.07, 6.45) is 3.58. The molecule has 2 aliphatic rings. The number of hydrogen-bond acceptors (Lipinski definition) is 3. The van der Waals surface area contributed by atoms with Crippen LogP contribution in [0.2, 0.25) is 0 Å². The van der Waals surface area contributed by atoms with Crippen LogP contribution in [-0.4, -0.2) is 48.3 Å². The molecule has 2 rings (SSSR count). The third-order valence-electron chi connectivity index (χ3n) is 4.34. The van der Waals surface area contributed by atoms with Crippen LogP contribution in [0.3, 0.4) is 0 Å². The summed E-state index contributed by atoms with van der Waals surface area (Å²) < 4.78 is 5.44. The van der Waals surface area contributed by atoms with Gasteiger partial charge >= 0.3 is 5.97 Å². The quantitative estimate of drug-likeness (QED) is 0.812. The molecule has 4 heteroatoms. The second-order valence-electron chi connectivity index (χ2n) is 5.44. The molecule has 0 aromatic rings. The van der Waals surface area contributed by atoms with Gasteiger partial charge in [0.25, 0.3) is 0 Å². The van der Waals surface area contributed by atoms with Gasteiger partial charge in [0.15, 0.2) is 0 Å². The maximum Gasteiger partial charge on any atom is 0.303 e. The van der Waals surface area contributed by atoms with Gasteiger partial charge in [-0.3, -0.25) is 4.79 Å². The molecule has 0 radical (unpaired) electrons.